The topological polar surface area (TPSA) is 74.2 Å². The lowest BCUT2D eigenvalue weighted by molar-refractivity contribution is -0.121. The number of nitrogens with zero attached hydrogens (tertiary/aromatic N) is 5. The van der Waals surface area contributed by atoms with Crippen molar-refractivity contribution in [3.05, 3.63) is 42.7 Å². The molecular formula is C25H30N6O. The van der Waals surface area contributed by atoms with Gasteiger partial charge in [0.05, 0.1) is 17.6 Å². The number of carbonyl (C=O) groups excluding carboxylic acids is 1. The van der Waals surface area contributed by atoms with Crippen LogP contribution in [-0.4, -0.2) is 40.5 Å². The van der Waals surface area contributed by atoms with Crippen molar-refractivity contribution >= 4 is 40.0 Å². The third-order valence-electron chi connectivity index (χ3n) is 6.74. The van der Waals surface area contributed by atoms with Crippen molar-refractivity contribution in [3.8, 4) is 0 Å². The Hall–Kier alpha value is -3.22. The van der Waals surface area contributed by atoms with Crippen LogP contribution in [0.25, 0.3) is 10.9 Å². The Morgan fingerprint density at radius 2 is 2.00 bits per heavy atom. The third kappa shape index (κ3) is 3.87. The highest BCUT2D eigenvalue weighted by Crippen LogP contribution is 2.38. The van der Waals surface area contributed by atoms with Crippen molar-refractivity contribution in [3.63, 3.8) is 0 Å². The molecule has 1 aliphatic carbocycles. The minimum Gasteiger partial charge on any atom is -0.351 e. The number of hydrogen-bond acceptors (Lipinski definition) is 6. The normalized spacial score (nSPS) is 19.3. The maximum absolute atomic E-state index is 13.2. The summed E-state index contributed by atoms with van der Waals surface area (Å²) in [5, 5.41) is 4.42. The maximum Gasteiger partial charge on any atom is 0.231 e. The van der Waals surface area contributed by atoms with Crippen LogP contribution in [0.5, 0.6) is 0 Å². The van der Waals surface area contributed by atoms with Gasteiger partial charge in [-0.15, -0.1) is 0 Å². The monoisotopic (exact) mass is 430 g/mol. The van der Waals surface area contributed by atoms with E-state index in [9.17, 15) is 4.79 Å². The fraction of sp³-hybridized carbons (Fsp3) is 0.440. The van der Waals surface area contributed by atoms with Crippen LogP contribution in [0.15, 0.2) is 42.7 Å². The molecule has 1 atom stereocenters. The average Bonchev–Trinajstić information content (AvgIpc) is 3.32. The SMILES string of the molecule is CCC[C@H]1CN(C2CCCC2)c2nc(Nc3ccc4ncccc4c3)ncc2N(C)C1=O. The molecule has 5 rings (SSSR count). The zero-order valence-corrected chi connectivity index (χ0v) is 18.8. The van der Waals surface area contributed by atoms with Crippen molar-refractivity contribution in [1.82, 2.24) is 15.0 Å². The van der Waals surface area contributed by atoms with Crippen LogP contribution in [0.4, 0.5) is 23.1 Å². The Bertz CT molecular complexity index is 1130. The van der Waals surface area contributed by atoms with Crippen LogP contribution < -0.4 is 15.1 Å². The second-order valence-corrected chi connectivity index (χ2v) is 8.91. The van der Waals surface area contributed by atoms with Gasteiger partial charge in [-0.25, -0.2) is 4.98 Å². The first-order chi connectivity index (χ1) is 15.6. The minimum absolute atomic E-state index is 0.0100. The second-order valence-electron chi connectivity index (χ2n) is 8.91. The van der Waals surface area contributed by atoms with Gasteiger partial charge in [-0.1, -0.05) is 32.3 Å². The number of amides is 1. The van der Waals surface area contributed by atoms with E-state index in [1.54, 1.807) is 17.3 Å². The molecule has 3 aromatic rings. The predicted octanol–water partition coefficient (Wildman–Crippen LogP) is 4.91. The highest BCUT2D eigenvalue weighted by Gasteiger charge is 2.36. The summed E-state index contributed by atoms with van der Waals surface area (Å²) in [5.41, 5.74) is 2.67. The largest absolute Gasteiger partial charge is 0.351 e. The Morgan fingerprint density at radius 3 is 2.81 bits per heavy atom. The molecule has 2 aliphatic rings. The number of benzene rings is 1. The van der Waals surface area contributed by atoms with Crippen LogP contribution in [0.2, 0.25) is 0 Å². The number of hydrogen-bond donors (Lipinski definition) is 1. The van der Waals surface area contributed by atoms with Gasteiger partial charge in [0.15, 0.2) is 5.82 Å². The summed E-state index contributed by atoms with van der Waals surface area (Å²) < 4.78 is 0. The molecule has 166 valence electrons. The molecule has 1 aromatic carbocycles. The highest BCUT2D eigenvalue weighted by molar-refractivity contribution is 5.99. The van der Waals surface area contributed by atoms with E-state index in [0.717, 1.165) is 60.3 Å². The van der Waals surface area contributed by atoms with Gasteiger partial charge in [0.25, 0.3) is 0 Å². The molecule has 1 aliphatic heterocycles. The van der Waals surface area contributed by atoms with E-state index in [0.29, 0.717) is 12.0 Å². The van der Waals surface area contributed by atoms with Gasteiger partial charge >= 0.3 is 0 Å². The first kappa shape index (κ1) is 20.7. The lowest BCUT2D eigenvalue weighted by Gasteiger charge is -2.31. The zero-order valence-electron chi connectivity index (χ0n) is 18.8. The molecule has 7 nitrogen and oxygen atoms in total. The summed E-state index contributed by atoms with van der Waals surface area (Å²) in [5.74, 6) is 1.57. The summed E-state index contributed by atoms with van der Waals surface area (Å²) in [6.07, 6.45) is 10.3. The first-order valence-electron chi connectivity index (χ1n) is 11.7. The lowest BCUT2D eigenvalue weighted by atomic mass is 10.0. The first-order valence-corrected chi connectivity index (χ1v) is 11.7. The summed E-state index contributed by atoms with van der Waals surface area (Å²) >= 11 is 0. The Labute approximate surface area is 188 Å². The van der Waals surface area contributed by atoms with Crippen molar-refractivity contribution in [2.75, 3.05) is 28.7 Å². The molecular weight excluding hydrogens is 400 g/mol. The van der Waals surface area contributed by atoms with Gasteiger partial charge in [0, 0.05) is 36.9 Å². The number of pyridine rings is 1. The number of aromatic nitrogens is 3. The molecule has 7 heteroatoms. The maximum atomic E-state index is 13.2. The Balaban J connectivity index is 1.51. The summed E-state index contributed by atoms with van der Waals surface area (Å²) in [6.45, 7) is 2.87. The van der Waals surface area contributed by atoms with Crippen LogP contribution in [-0.2, 0) is 4.79 Å². The van der Waals surface area contributed by atoms with E-state index in [-0.39, 0.29) is 11.8 Å². The molecule has 0 spiro atoms. The quantitative estimate of drug-likeness (QED) is 0.620. The highest BCUT2D eigenvalue weighted by atomic mass is 16.2. The van der Waals surface area contributed by atoms with E-state index < -0.39 is 0 Å². The molecule has 1 saturated carbocycles. The van der Waals surface area contributed by atoms with Crippen LogP contribution in [0.3, 0.4) is 0 Å². The molecule has 0 saturated heterocycles. The number of fused-ring (bicyclic) bond motifs is 2. The molecule has 3 heterocycles. The summed E-state index contributed by atoms with van der Waals surface area (Å²) in [4.78, 5) is 31.2. The van der Waals surface area contributed by atoms with Gasteiger partial charge in [-0.2, -0.15) is 4.98 Å². The van der Waals surface area contributed by atoms with Crippen molar-refractivity contribution in [2.24, 2.45) is 5.92 Å². The molecule has 0 radical (unpaired) electrons. The molecule has 1 N–H and O–H groups in total. The zero-order chi connectivity index (χ0) is 22.1. The molecule has 32 heavy (non-hydrogen) atoms. The van der Waals surface area contributed by atoms with Gasteiger partial charge in [-0.3, -0.25) is 9.78 Å². The van der Waals surface area contributed by atoms with Crippen molar-refractivity contribution in [1.29, 1.82) is 0 Å². The van der Waals surface area contributed by atoms with Crippen LogP contribution in [0.1, 0.15) is 45.4 Å². The second kappa shape index (κ2) is 8.73. The molecule has 1 fully saturated rings. The van der Waals surface area contributed by atoms with E-state index in [4.69, 9.17) is 4.98 Å². The van der Waals surface area contributed by atoms with E-state index in [2.05, 4.69) is 33.2 Å². The third-order valence-corrected chi connectivity index (χ3v) is 6.74. The molecule has 2 aromatic heterocycles. The van der Waals surface area contributed by atoms with Crippen molar-refractivity contribution < 1.29 is 4.79 Å². The van der Waals surface area contributed by atoms with Gasteiger partial charge in [-0.05, 0) is 43.5 Å². The van der Waals surface area contributed by atoms with Crippen LogP contribution >= 0.6 is 0 Å². The van der Waals surface area contributed by atoms with Crippen molar-refractivity contribution in [2.45, 2.75) is 51.5 Å². The predicted molar refractivity (Wildman–Crippen MR) is 128 cm³/mol. The Morgan fingerprint density at radius 1 is 1.16 bits per heavy atom. The van der Waals surface area contributed by atoms with E-state index in [1.807, 2.05) is 31.3 Å². The molecule has 1 amide bonds. The smallest absolute Gasteiger partial charge is 0.231 e. The van der Waals surface area contributed by atoms with Gasteiger partial charge < -0.3 is 15.1 Å². The number of anilines is 4. The summed E-state index contributed by atoms with van der Waals surface area (Å²) in [6, 6.07) is 10.5. The van der Waals surface area contributed by atoms with Gasteiger partial charge in [0.2, 0.25) is 11.9 Å². The van der Waals surface area contributed by atoms with Crippen LogP contribution in [0, 0.1) is 5.92 Å². The average molecular weight is 431 g/mol. The fourth-order valence-electron chi connectivity index (χ4n) is 5.05. The van der Waals surface area contributed by atoms with E-state index in [1.165, 1.54) is 12.8 Å². The summed E-state index contributed by atoms with van der Waals surface area (Å²) in [7, 11) is 1.86. The van der Waals surface area contributed by atoms with Gasteiger partial charge in [0.1, 0.15) is 5.69 Å². The molecule has 0 bridgehead atoms. The number of carbonyl (C=O) groups is 1. The number of rotatable bonds is 5. The standard InChI is InChI=1S/C25H30N6O/c1-3-7-18-16-31(20-9-4-5-10-20)23-22(30(2)24(18)32)15-27-25(29-23)28-19-11-12-21-17(14-19)8-6-13-26-21/h6,8,11-15,18,20H,3-5,7,9-10,16H2,1-2H3,(H,27,28,29)/t18-/m0/s1. The fourth-order valence-corrected chi connectivity index (χ4v) is 5.05. The molecule has 0 unspecified atom stereocenters. The Kier molecular flexibility index (Phi) is 5.64. The minimum atomic E-state index is -0.0100. The number of nitrogens with one attached hydrogen (secondary N) is 1. The lowest BCUT2D eigenvalue weighted by Crippen LogP contribution is -2.40. The van der Waals surface area contributed by atoms with E-state index >= 15 is 0 Å².